The molecule has 0 bridgehead atoms. The quantitative estimate of drug-likeness (QED) is 0.867. The first-order chi connectivity index (χ1) is 10.9. The number of benzene rings is 1. The van der Waals surface area contributed by atoms with E-state index in [-0.39, 0.29) is 17.7 Å². The summed E-state index contributed by atoms with van der Waals surface area (Å²) in [6, 6.07) is 5.46. The normalized spacial score (nSPS) is 15.9. The van der Waals surface area contributed by atoms with Crippen LogP contribution in [-0.4, -0.2) is 32.7 Å². The van der Waals surface area contributed by atoms with E-state index in [2.05, 4.69) is 12.2 Å². The van der Waals surface area contributed by atoms with Crippen molar-refractivity contribution in [2.24, 2.45) is 0 Å². The van der Waals surface area contributed by atoms with E-state index in [4.69, 9.17) is 0 Å². The summed E-state index contributed by atoms with van der Waals surface area (Å²) < 4.78 is 25.9. The molecule has 0 saturated carbocycles. The van der Waals surface area contributed by atoms with Gasteiger partial charge in [0.1, 0.15) is 0 Å². The maximum atomic E-state index is 12.3. The molecule has 0 spiro atoms. The molecule has 0 radical (unpaired) electrons. The second-order valence-corrected chi connectivity index (χ2v) is 8.26. The lowest BCUT2D eigenvalue weighted by molar-refractivity contribution is 0.0938. The van der Waals surface area contributed by atoms with Crippen molar-refractivity contribution >= 4 is 21.6 Å². The van der Waals surface area contributed by atoms with Crippen LogP contribution in [0.1, 0.15) is 56.0 Å². The molecule has 0 aliphatic carbocycles. The summed E-state index contributed by atoms with van der Waals surface area (Å²) in [7, 11) is -3.26. The molecule has 6 heteroatoms. The Labute approximate surface area is 139 Å². The number of carbonyl (C=O) groups is 1. The molecule has 1 aromatic rings. The molecule has 1 aliphatic heterocycles. The van der Waals surface area contributed by atoms with E-state index in [1.54, 1.807) is 19.1 Å². The summed E-state index contributed by atoms with van der Waals surface area (Å²) in [4.78, 5) is 12.3. The Morgan fingerprint density at radius 2 is 2.09 bits per heavy atom. The van der Waals surface area contributed by atoms with E-state index in [1.165, 1.54) is 4.31 Å². The summed E-state index contributed by atoms with van der Waals surface area (Å²) in [5.41, 5.74) is 2.25. The lowest BCUT2D eigenvalue weighted by Crippen LogP contribution is -2.37. The molecular formula is C17H26N2O3S. The van der Waals surface area contributed by atoms with E-state index in [0.29, 0.717) is 12.1 Å². The lowest BCUT2D eigenvalue weighted by atomic mass is 10.0. The largest absolute Gasteiger partial charge is 0.350 e. The smallest absolute Gasteiger partial charge is 0.251 e. The maximum absolute atomic E-state index is 12.3. The van der Waals surface area contributed by atoms with E-state index in [9.17, 15) is 13.2 Å². The van der Waals surface area contributed by atoms with Crippen molar-refractivity contribution in [3.8, 4) is 0 Å². The van der Waals surface area contributed by atoms with Gasteiger partial charge >= 0.3 is 0 Å². The topological polar surface area (TPSA) is 66.5 Å². The fourth-order valence-electron chi connectivity index (χ4n) is 2.96. The Balaban J connectivity index is 2.24. The van der Waals surface area contributed by atoms with Crippen LogP contribution < -0.4 is 9.62 Å². The summed E-state index contributed by atoms with van der Waals surface area (Å²) in [5, 5.41) is 2.99. The minimum absolute atomic E-state index is 0.0865. The first-order valence-electron chi connectivity index (χ1n) is 8.33. The molecule has 1 amide bonds. The summed E-state index contributed by atoms with van der Waals surface area (Å²) in [6.45, 7) is 6.25. The minimum atomic E-state index is -3.26. The van der Waals surface area contributed by atoms with Gasteiger partial charge in [0.2, 0.25) is 10.0 Å². The maximum Gasteiger partial charge on any atom is 0.251 e. The molecule has 0 saturated heterocycles. The third-order valence-corrected chi connectivity index (χ3v) is 6.00. The molecule has 1 unspecified atom stereocenters. The van der Waals surface area contributed by atoms with Crippen LogP contribution in [0.4, 0.5) is 5.69 Å². The summed E-state index contributed by atoms with van der Waals surface area (Å²) in [5.74, 6) is -0.00679. The highest BCUT2D eigenvalue weighted by Crippen LogP contribution is 2.30. The minimum Gasteiger partial charge on any atom is -0.350 e. The first-order valence-corrected chi connectivity index (χ1v) is 9.94. The standard InChI is InChI=1S/C17H26N2O3S/c1-4-7-13(3)18-17(20)15-9-10-16-14(12-15)8-6-11-19(16)23(21,22)5-2/h9-10,12-13H,4-8,11H2,1-3H3,(H,18,20). The number of hydrogen-bond acceptors (Lipinski definition) is 3. The fourth-order valence-corrected chi connectivity index (χ4v) is 4.16. The van der Waals surface area contributed by atoms with Crippen molar-refractivity contribution in [1.29, 1.82) is 0 Å². The van der Waals surface area contributed by atoms with Gasteiger partial charge in [-0.25, -0.2) is 8.42 Å². The van der Waals surface area contributed by atoms with Gasteiger partial charge in [-0.1, -0.05) is 13.3 Å². The molecule has 1 N–H and O–H groups in total. The van der Waals surface area contributed by atoms with Crippen molar-refractivity contribution in [1.82, 2.24) is 5.32 Å². The Morgan fingerprint density at radius 1 is 1.35 bits per heavy atom. The summed E-state index contributed by atoms with van der Waals surface area (Å²) in [6.07, 6.45) is 3.55. The molecule has 1 atom stereocenters. The van der Waals surface area contributed by atoms with Gasteiger partial charge in [0.25, 0.3) is 5.91 Å². The van der Waals surface area contributed by atoms with Crippen molar-refractivity contribution in [3.63, 3.8) is 0 Å². The number of anilines is 1. The van der Waals surface area contributed by atoms with Gasteiger partial charge in [0.15, 0.2) is 0 Å². The van der Waals surface area contributed by atoms with Crippen LogP contribution in [-0.2, 0) is 16.4 Å². The first kappa shape index (κ1) is 17.8. The molecule has 1 heterocycles. The Morgan fingerprint density at radius 3 is 2.74 bits per heavy atom. The van der Waals surface area contributed by atoms with Crippen molar-refractivity contribution in [3.05, 3.63) is 29.3 Å². The number of nitrogens with zero attached hydrogens (tertiary/aromatic N) is 1. The highest BCUT2D eigenvalue weighted by molar-refractivity contribution is 7.92. The predicted molar refractivity (Wildman–Crippen MR) is 93.4 cm³/mol. The second-order valence-electron chi connectivity index (χ2n) is 6.08. The van der Waals surface area contributed by atoms with Gasteiger partial charge in [0, 0.05) is 18.2 Å². The number of carbonyl (C=O) groups excluding carboxylic acids is 1. The molecule has 128 valence electrons. The van der Waals surface area contributed by atoms with Crippen LogP contribution in [0.25, 0.3) is 0 Å². The number of sulfonamides is 1. The number of rotatable bonds is 6. The van der Waals surface area contributed by atoms with Crippen LogP contribution >= 0.6 is 0 Å². The predicted octanol–water partition coefficient (Wildman–Crippen LogP) is 2.71. The highest BCUT2D eigenvalue weighted by Gasteiger charge is 2.26. The Kier molecular flexibility index (Phi) is 5.68. The monoisotopic (exact) mass is 338 g/mol. The Hall–Kier alpha value is -1.56. The molecule has 1 aliphatic rings. The van der Waals surface area contributed by atoms with E-state index < -0.39 is 10.0 Å². The molecule has 5 nitrogen and oxygen atoms in total. The van der Waals surface area contributed by atoms with Gasteiger partial charge in [-0.15, -0.1) is 0 Å². The van der Waals surface area contributed by atoms with Crippen LogP contribution in [0, 0.1) is 0 Å². The van der Waals surface area contributed by atoms with E-state index in [0.717, 1.165) is 36.9 Å². The molecule has 1 aromatic carbocycles. The number of hydrogen-bond donors (Lipinski definition) is 1. The molecule has 0 aromatic heterocycles. The van der Waals surface area contributed by atoms with Crippen LogP contribution in [0.3, 0.4) is 0 Å². The average Bonchev–Trinajstić information content (AvgIpc) is 2.53. The van der Waals surface area contributed by atoms with Gasteiger partial charge in [-0.2, -0.15) is 0 Å². The zero-order valence-corrected chi connectivity index (χ0v) is 14.9. The third-order valence-electron chi connectivity index (χ3n) is 4.22. The van der Waals surface area contributed by atoms with Crippen molar-refractivity contribution in [2.75, 3.05) is 16.6 Å². The van der Waals surface area contributed by atoms with Crippen LogP contribution in [0.5, 0.6) is 0 Å². The number of amides is 1. The second kappa shape index (κ2) is 7.34. The SMILES string of the molecule is CCCC(C)NC(=O)c1ccc2c(c1)CCCN2S(=O)(=O)CC. The van der Waals surface area contributed by atoms with Gasteiger partial charge in [0.05, 0.1) is 11.4 Å². The third kappa shape index (κ3) is 4.05. The van der Waals surface area contributed by atoms with Crippen LogP contribution in [0.2, 0.25) is 0 Å². The van der Waals surface area contributed by atoms with Gasteiger partial charge in [-0.3, -0.25) is 9.10 Å². The van der Waals surface area contributed by atoms with Gasteiger partial charge < -0.3 is 5.32 Å². The molecule has 0 fully saturated rings. The highest BCUT2D eigenvalue weighted by atomic mass is 32.2. The zero-order chi connectivity index (χ0) is 17.0. The average molecular weight is 338 g/mol. The van der Waals surface area contributed by atoms with E-state index in [1.807, 2.05) is 13.0 Å². The Bertz CT molecular complexity index is 670. The zero-order valence-electron chi connectivity index (χ0n) is 14.1. The molecular weight excluding hydrogens is 312 g/mol. The molecule has 2 rings (SSSR count). The van der Waals surface area contributed by atoms with Crippen molar-refractivity contribution in [2.45, 2.75) is 52.5 Å². The van der Waals surface area contributed by atoms with E-state index >= 15 is 0 Å². The number of aryl methyl sites for hydroxylation is 1. The molecule has 23 heavy (non-hydrogen) atoms. The summed E-state index contributed by atoms with van der Waals surface area (Å²) >= 11 is 0. The van der Waals surface area contributed by atoms with Gasteiger partial charge in [-0.05, 0) is 56.9 Å². The number of fused-ring (bicyclic) bond motifs is 1. The number of nitrogens with one attached hydrogen (secondary N) is 1. The van der Waals surface area contributed by atoms with Crippen LogP contribution in [0.15, 0.2) is 18.2 Å². The fraction of sp³-hybridized carbons (Fsp3) is 0.588. The lowest BCUT2D eigenvalue weighted by Gasteiger charge is -2.30. The van der Waals surface area contributed by atoms with Crippen molar-refractivity contribution < 1.29 is 13.2 Å².